The van der Waals surface area contributed by atoms with Crippen molar-refractivity contribution in [1.82, 2.24) is 19.5 Å². The highest BCUT2D eigenvalue weighted by molar-refractivity contribution is 5.99. The van der Waals surface area contributed by atoms with E-state index >= 15 is 0 Å². The summed E-state index contributed by atoms with van der Waals surface area (Å²) in [7, 11) is 0. The van der Waals surface area contributed by atoms with Crippen LogP contribution in [0.4, 0.5) is 17.8 Å². The number of aromatic nitrogens is 4. The van der Waals surface area contributed by atoms with Crippen molar-refractivity contribution in [2.45, 2.75) is 46.1 Å². The van der Waals surface area contributed by atoms with E-state index in [1.165, 1.54) is 31.2 Å². The van der Waals surface area contributed by atoms with Gasteiger partial charge in [-0.3, -0.25) is 0 Å². The molecule has 0 aliphatic carbocycles. The smallest absolute Gasteiger partial charge is 0.250 e. The zero-order chi connectivity index (χ0) is 26.6. The van der Waals surface area contributed by atoms with Crippen LogP contribution in [0.25, 0.3) is 10.9 Å². The largest absolute Gasteiger partial charge is 0.491 e. The maximum Gasteiger partial charge on any atom is 0.250 e. The molecule has 4 heterocycles. The van der Waals surface area contributed by atoms with Crippen LogP contribution in [0.2, 0.25) is 0 Å². The van der Waals surface area contributed by atoms with Gasteiger partial charge in [0.2, 0.25) is 17.8 Å². The second-order valence-corrected chi connectivity index (χ2v) is 10.4. The number of hydrogen-bond acceptors (Lipinski definition) is 8. The molecule has 0 spiro atoms. The molecule has 2 saturated heterocycles. The average molecular weight is 525 g/mol. The zero-order valence-electron chi connectivity index (χ0n) is 22.8. The van der Waals surface area contributed by atoms with Crippen LogP contribution >= 0.6 is 0 Å². The van der Waals surface area contributed by atoms with E-state index in [4.69, 9.17) is 19.7 Å². The Balaban J connectivity index is 1.19. The van der Waals surface area contributed by atoms with E-state index in [2.05, 4.69) is 87.4 Å². The van der Waals surface area contributed by atoms with Gasteiger partial charge in [-0.1, -0.05) is 30.3 Å². The number of nitrogens with zero attached hydrogens (tertiary/aromatic N) is 7. The molecule has 0 amide bonds. The normalized spacial score (nSPS) is 15.6. The zero-order valence-corrected chi connectivity index (χ0v) is 22.8. The lowest BCUT2D eigenvalue weighted by Crippen LogP contribution is -2.25. The second-order valence-electron chi connectivity index (χ2n) is 10.4. The van der Waals surface area contributed by atoms with Gasteiger partial charge in [-0.2, -0.15) is 20.1 Å². The number of hydrazone groups is 1. The van der Waals surface area contributed by atoms with Crippen molar-refractivity contribution in [2.24, 2.45) is 5.10 Å². The Bertz CT molecular complexity index is 1430. The first-order valence-electron chi connectivity index (χ1n) is 14.0. The molecule has 0 bridgehead atoms. The van der Waals surface area contributed by atoms with Crippen molar-refractivity contribution in [3.05, 3.63) is 65.4 Å². The Kier molecular flexibility index (Phi) is 7.29. The van der Waals surface area contributed by atoms with Crippen molar-refractivity contribution in [3.63, 3.8) is 0 Å². The molecule has 2 aliphatic rings. The van der Waals surface area contributed by atoms with Gasteiger partial charge in [0.15, 0.2) is 0 Å². The van der Waals surface area contributed by atoms with E-state index in [0.29, 0.717) is 12.6 Å². The van der Waals surface area contributed by atoms with Crippen LogP contribution in [-0.2, 0) is 6.54 Å². The number of fused-ring (bicyclic) bond motifs is 1. The van der Waals surface area contributed by atoms with Gasteiger partial charge >= 0.3 is 0 Å². The van der Waals surface area contributed by atoms with Crippen molar-refractivity contribution >= 4 is 35.0 Å². The molecule has 202 valence electrons. The summed E-state index contributed by atoms with van der Waals surface area (Å²) in [6, 6.07) is 14.7. The fourth-order valence-corrected chi connectivity index (χ4v) is 5.36. The maximum absolute atomic E-state index is 6.13. The summed E-state index contributed by atoms with van der Waals surface area (Å²) in [5, 5.41) is 5.69. The fraction of sp³-hybridized carbons (Fsp3) is 0.400. The van der Waals surface area contributed by atoms with Crippen LogP contribution in [-0.4, -0.2) is 58.5 Å². The monoisotopic (exact) mass is 524 g/mol. The van der Waals surface area contributed by atoms with E-state index in [1.54, 1.807) is 0 Å². The molecule has 1 N–H and O–H groups in total. The molecule has 0 unspecified atom stereocenters. The Hall–Kier alpha value is -4.14. The minimum Gasteiger partial charge on any atom is -0.491 e. The molecule has 0 radical (unpaired) electrons. The Morgan fingerprint density at radius 1 is 0.897 bits per heavy atom. The van der Waals surface area contributed by atoms with Gasteiger partial charge in [0, 0.05) is 48.8 Å². The van der Waals surface area contributed by atoms with E-state index in [1.807, 2.05) is 6.21 Å². The van der Waals surface area contributed by atoms with E-state index in [9.17, 15) is 0 Å². The third kappa shape index (κ3) is 5.67. The summed E-state index contributed by atoms with van der Waals surface area (Å²) < 4.78 is 8.35. The molecule has 39 heavy (non-hydrogen) atoms. The molecular formula is C30H36N8O. The van der Waals surface area contributed by atoms with Crippen molar-refractivity contribution in [3.8, 4) is 5.75 Å². The Morgan fingerprint density at radius 2 is 1.59 bits per heavy atom. The third-order valence-corrected chi connectivity index (χ3v) is 7.51. The van der Waals surface area contributed by atoms with Gasteiger partial charge in [0.05, 0.1) is 12.8 Å². The predicted octanol–water partition coefficient (Wildman–Crippen LogP) is 5.17. The number of rotatable bonds is 9. The molecule has 4 aromatic rings. The molecule has 9 nitrogen and oxygen atoms in total. The number of benzene rings is 2. The van der Waals surface area contributed by atoms with Crippen LogP contribution in [0.5, 0.6) is 5.75 Å². The lowest BCUT2D eigenvalue weighted by atomic mass is 10.1. The Morgan fingerprint density at radius 3 is 2.31 bits per heavy atom. The van der Waals surface area contributed by atoms with Crippen LogP contribution < -0.4 is 20.0 Å². The number of nitrogens with one attached hydrogen (secondary N) is 1. The summed E-state index contributed by atoms with van der Waals surface area (Å²) >= 11 is 0. The lowest BCUT2D eigenvalue weighted by Gasteiger charge is -2.20. The van der Waals surface area contributed by atoms with Gasteiger partial charge in [-0.05, 0) is 62.8 Å². The predicted molar refractivity (Wildman–Crippen MR) is 157 cm³/mol. The summed E-state index contributed by atoms with van der Waals surface area (Å²) in [5.74, 6) is 2.90. The maximum atomic E-state index is 6.13. The average Bonchev–Trinajstić information content (AvgIpc) is 3.73. The van der Waals surface area contributed by atoms with Crippen LogP contribution in [0.3, 0.4) is 0 Å². The minimum absolute atomic E-state index is 0.482. The lowest BCUT2D eigenvalue weighted by molar-refractivity contribution is 0.298. The molecule has 0 saturated carbocycles. The first-order valence-corrected chi connectivity index (χ1v) is 14.0. The minimum atomic E-state index is 0.482. The van der Waals surface area contributed by atoms with Crippen LogP contribution in [0.1, 0.15) is 42.4 Å². The molecular weight excluding hydrogens is 488 g/mol. The van der Waals surface area contributed by atoms with E-state index in [0.717, 1.165) is 72.4 Å². The summed E-state index contributed by atoms with van der Waals surface area (Å²) in [4.78, 5) is 18.7. The van der Waals surface area contributed by atoms with Gasteiger partial charge in [-0.15, -0.1) is 0 Å². The first-order chi connectivity index (χ1) is 19.1. The van der Waals surface area contributed by atoms with Gasteiger partial charge in [-0.25, -0.2) is 5.43 Å². The van der Waals surface area contributed by atoms with Gasteiger partial charge < -0.3 is 19.1 Å². The molecule has 0 atom stereocenters. The van der Waals surface area contributed by atoms with Gasteiger partial charge in [0.1, 0.15) is 12.4 Å². The van der Waals surface area contributed by atoms with Crippen molar-refractivity contribution in [1.29, 1.82) is 0 Å². The highest BCUT2D eigenvalue weighted by Crippen LogP contribution is 2.24. The van der Waals surface area contributed by atoms with Crippen LogP contribution in [0.15, 0.2) is 53.8 Å². The summed E-state index contributed by atoms with van der Waals surface area (Å²) in [6.07, 6.45) is 8.66. The topological polar surface area (TPSA) is 83.7 Å². The van der Waals surface area contributed by atoms with Crippen LogP contribution in [0, 0.1) is 13.8 Å². The molecule has 2 aromatic heterocycles. The Labute approximate surface area is 229 Å². The summed E-state index contributed by atoms with van der Waals surface area (Å²) in [5.41, 5.74) is 7.62. The molecule has 9 heteroatoms. The molecule has 2 aromatic carbocycles. The SMILES string of the molecule is Cc1ccc(C)c(OCCn2cc(/C=N/Nc3nc(N4CCCC4)nc(N4CCCC4)n3)c3ccccc32)c1. The standard InChI is InChI=1S/C30H36N8O/c1-22-11-12-23(2)27(19-22)39-18-17-38-21-24(25-9-3-4-10-26(25)38)20-31-35-28-32-29(36-13-5-6-14-36)34-30(33-28)37-15-7-8-16-37/h3-4,9-12,19-21H,5-8,13-18H2,1-2H3,(H,32,33,34,35)/b31-20+. The van der Waals surface area contributed by atoms with Crippen molar-refractivity contribution < 1.29 is 4.74 Å². The quantitative estimate of drug-likeness (QED) is 0.239. The second kappa shape index (κ2) is 11.3. The highest BCUT2D eigenvalue weighted by Gasteiger charge is 2.21. The first kappa shape index (κ1) is 25.2. The number of anilines is 3. The third-order valence-electron chi connectivity index (χ3n) is 7.51. The number of aryl methyl sites for hydroxylation is 2. The molecule has 2 fully saturated rings. The molecule has 6 rings (SSSR count). The van der Waals surface area contributed by atoms with E-state index in [-0.39, 0.29) is 0 Å². The number of hydrogen-bond donors (Lipinski definition) is 1. The van der Waals surface area contributed by atoms with E-state index < -0.39 is 0 Å². The number of ether oxygens (including phenoxy) is 1. The number of para-hydroxylation sites is 1. The summed E-state index contributed by atoms with van der Waals surface area (Å²) in [6.45, 7) is 9.43. The molecule has 2 aliphatic heterocycles. The highest BCUT2D eigenvalue weighted by atomic mass is 16.5. The van der Waals surface area contributed by atoms with Crippen molar-refractivity contribution in [2.75, 3.05) is 48.0 Å². The van der Waals surface area contributed by atoms with Gasteiger partial charge in [0.25, 0.3) is 0 Å². The fourth-order valence-electron chi connectivity index (χ4n) is 5.36.